The van der Waals surface area contributed by atoms with Crippen molar-refractivity contribution in [3.05, 3.63) is 0 Å². The van der Waals surface area contributed by atoms with Crippen LogP contribution in [0.15, 0.2) is 0 Å². The van der Waals surface area contributed by atoms with Crippen molar-refractivity contribution in [3.8, 4) is 0 Å². The van der Waals surface area contributed by atoms with Crippen molar-refractivity contribution in [3.63, 3.8) is 0 Å². The first-order valence-electron chi connectivity index (χ1n) is 8.86. The maximum Gasteiger partial charge on any atom is 0.0223 e. The smallest absolute Gasteiger partial charge is 0.0223 e. The molecule has 0 amide bonds. The topological polar surface area (TPSA) is 15.3 Å². The molecule has 2 aliphatic carbocycles. The van der Waals surface area contributed by atoms with Crippen LogP contribution in [0, 0.1) is 11.8 Å². The lowest BCUT2D eigenvalue weighted by molar-refractivity contribution is 0.0913. The van der Waals surface area contributed by atoms with Crippen molar-refractivity contribution < 1.29 is 0 Å². The van der Waals surface area contributed by atoms with E-state index in [0.717, 1.165) is 30.5 Å². The summed E-state index contributed by atoms with van der Waals surface area (Å²) < 4.78 is 0. The average Bonchev–Trinajstić information content (AvgIpc) is 3.10. The second-order valence-electron chi connectivity index (χ2n) is 7.10. The van der Waals surface area contributed by atoms with Crippen molar-refractivity contribution in [2.75, 3.05) is 19.6 Å². The summed E-state index contributed by atoms with van der Waals surface area (Å²) in [5.41, 5.74) is 0. The third-order valence-electron chi connectivity index (χ3n) is 5.97. The highest BCUT2D eigenvalue weighted by atomic mass is 15.2. The van der Waals surface area contributed by atoms with Crippen molar-refractivity contribution in [2.24, 2.45) is 11.8 Å². The molecule has 3 aliphatic rings. The number of likely N-dealkylation sites (tertiary alicyclic amines) is 1. The van der Waals surface area contributed by atoms with E-state index in [1.165, 1.54) is 70.9 Å². The highest BCUT2D eigenvalue weighted by Gasteiger charge is 2.36. The monoisotopic (exact) mass is 264 g/mol. The number of nitrogens with one attached hydrogen (secondary N) is 1. The van der Waals surface area contributed by atoms with Gasteiger partial charge in [-0.1, -0.05) is 26.2 Å². The summed E-state index contributed by atoms with van der Waals surface area (Å²) in [6.45, 7) is 6.12. The Balaban J connectivity index is 1.60. The van der Waals surface area contributed by atoms with Gasteiger partial charge in [0.2, 0.25) is 0 Å². The third-order valence-corrected chi connectivity index (χ3v) is 5.97. The summed E-state index contributed by atoms with van der Waals surface area (Å²) in [7, 11) is 0. The van der Waals surface area contributed by atoms with Crippen LogP contribution in [-0.4, -0.2) is 36.6 Å². The molecule has 3 rings (SSSR count). The first-order valence-corrected chi connectivity index (χ1v) is 8.86. The van der Waals surface area contributed by atoms with Crippen molar-refractivity contribution >= 4 is 0 Å². The molecule has 0 radical (unpaired) electrons. The molecular weight excluding hydrogens is 232 g/mol. The van der Waals surface area contributed by atoms with E-state index in [2.05, 4.69) is 17.1 Å². The minimum Gasteiger partial charge on any atom is -0.313 e. The van der Waals surface area contributed by atoms with Gasteiger partial charge < -0.3 is 5.32 Å². The van der Waals surface area contributed by atoms with Crippen molar-refractivity contribution in [1.82, 2.24) is 10.2 Å². The van der Waals surface area contributed by atoms with Crippen LogP contribution in [0.25, 0.3) is 0 Å². The standard InChI is InChI=1S/C17H32N2/c1-2-18-16(14-7-3-4-8-14)13-19-12-6-10-15-9-5-11-17(15)19/h14-18H,2-13H2,1H3. The largest absolute Gasteiger partial charge is 0.313 e. The summed E-state index contributed by atoms with van der Waals surface area (Å²) in [5.74, 6) is 2.00. The Morgan fingerprint density at radius 1 is 1.00 bits per heavy atom. The van der Waals surface area contributed by atoms with Crippen LogP contribution in [0.4, 0.5) is 0 Å². The molecule has 2 nitrogen and oxygen atoms in total. The van der Waals surface area contributed by atoms with Gasteiger partial charge >= 0.3 is 0 Å². The van der Waals surface area contributed by atoms with Crippen LogP contribution in [0.3, 0.4) is 0 Å². The predicted octanol–water partition coefficient (Wildman–Crippen LogP) is 3.42. The molecular formula is C17H32N2. The zero-order valence-electron chi connectivity index (χ0n) is 12.7. The summed E-state index contributed by atoms with van der Waals surface area (Å²) in [6, 6.07) is 1.71. The van der Waals surface area contributed by atoms with Crippen LogP contribution < -0.4 is 5.32 Å². The molecule has 3 fully saturated rings. The van der Waals surface area contributed by atoms with Gasteiger partial charge in [0.25, 0.3) is 0 Å². The molecule has 0 spiro atoms. The third kappa shape index (κ3) is 3.16. The Kier molecular flexibility index (Phi) is 4.81. The highest BCUT2D eigenvalue weighted by Crippen LogP contribution is 2.37. The minimum absolute atomic E-state index is 0.770. The van der Waals surface area contributed by atoms with E-state index >= 15 is 0 Å². The number of nitrogens with zero attached hydrogens (tertiary/aromatic N) is 1. The molecule has 1 saturated heterocycles. The summed E-state index contributed by atoms with van der Waals surface area (Å²) in [4.78, 5) is 2.87. The molecule has 0 aromatic heterocycles. The molecule has 0 aromatic carbocycles. The Hall–Kier alpha value is -0.0800. The zero-order valence-corrected chi connectivity index (χ0v) is 12.7. The van der Waals surface area contributed by atoms with E-state index in [9.17, 15) is 0 Å². The van der Waals surface area contributed by atoms with E-state index in [0.29, 0.717) is 0 Å². The van der Waals surface area contributed by atoms with Gasteiger partial charge in [-0.25, -0.2) is 0 Å². The lowest BCUT2D eigenvalue weighted by Gasteiger charge is -2.41. The summed E-state index contributed by atoms with van der Waals surface area (Å²) >= 11 is 0. The Labute approximate surface area is 119 Å². The van der Waals surface area contributed by atoms with Crippen LogP contribution in [0.1, 0.15) is 64.7 Å². The molecule has 1 aliphatic heterocycles. The van der Waals surface area contributed by atoms with E-state index in [-0.39, 0.29) is 0 Å². The van der Waals surface area contributed by atoms with Crippen LogP contribution >= 0.6 is 0 Å². The van der Waals surface area contributed by atoms with Gasteiger partial charge in [0, 0.05) is 18.6 Å². The van der Waals surface area contributed by atoms with E-state index in [1.54, 1.807) is 0 Å². The maximum atomic E-state index is 3.81. The fourth-order valence-corrected chi connectivity index (χ4v) is 5.04. The fraction of sp³-hybridized carbons (Fsp3) is 1.00. The number of likely N-dealkylation sites (N-methyl/N-ethyl adjacent to an activating group) is 1. The second-order valence-corrected chi connectivity index (χ2v) is 7.10. The highest BCUT2D eigenvalue weighted by molar-refractivity contribution is 4.92. The lowest BCUT2D eigenvalue weighted by atomic mass is 9.90. The van der Waals surface area contributed by atoms with Gasteiger partial charge in [0.05, 0.1) is 0 Å². The van der Waals surface area contributed by atoms with E-state index < -0.39 is 0 Å². The Bertz CT molecular complexity index is 270. The van der Waals surface area contributed by atoms with Gasteiger partial charge in [0.1, 0.15) is 0 Å². The first kappa shape index (κ1) is 13.9. The lowest BCUT2D eigenvalue weighted by Crippen LogP contribution is -2.51. The molecule has 0 bridgehead atoms. The molecule has 2 saturated carbocycles. The fourth-order valence-electron chi connectivity index (χ4n) is 5.04. The number of hydrogen-bond donors (Lipinski definition) is 1. The first-order chi connectivity index (χ1) is 9.38. The summed E-state index contributed by atoms with van der Waals surface area (Å²) in [6.07, 6.45) is 13.3. The number of fused-ring (bicyclic) bond motifs is 1. The number of rotatable bonds is 5. The molecule has 1 heterocycles. The van der Waals surface area contributed by atoms with Crippen molar-refractivity contribution in [2.45, 2.75) is 76.8 Å². The Morgan fingerprint density at radius 3 is 2.58 bits per heavy atom. The van der Waals surface area contributed by atoms with Crippen molar-refractivity contribution in [1.29, 1.82) is 0 Å². The zero-order chi connectivity index (χ0) is 13.1. The normalized spacial score (nSPS) is 34.6. The van der Waals surface area contributed by atoms with Gasteiger partial charge in [-0.05, 0) is 63.5 Å². The predicted molar refractivity (Wildman–Crippen MR) is 81.4 cm³/mol. The molecule has 2 heteroatoms. The van der Waals surface area contributed by atoms with Gasteiger partial charge in [-0.15, -0.1) is 0 Å². The van der Waals surface area contributed by atoms with Crippen LogP contribution in [0.2, 0.25) is 0 Å². The summed E-state index contributed by atoms with van der Waals surface area (Å²) in [5, 5.41) is 3.81. The second kappa shape index (κ2) is 6.58. The minimum atomic E-state index is 0.770. The van der Waals surface area contributed by atoms with E-state index in [1.807, 2.05) is 0 Å². The molecule has 3 atom stereocenters. The van der Waals surface area contributed by atoms with Crippen LogP contribution in [0.5, 0.6) is 0 Å². The SMILES string of the molecule is CCNC(CN1CCCC2CCCC21)C1CCCC1. The van der Waals surface area contributed by atoms with Gasteiger partial charge in [-0.3, -0.25) is 4.90 Å². The van der Waals surface area contributed by atoms with E-state index in [4.69, 9.17) is 0 Å². The molecule has 0 aromatic rings. The molecule has 1 N–H and O–H groups in total. The van der Waals surface area contributed by atoms with Gasteiger partial charge in [0.15, 0.2) is 0 Å². The molecule has 3 unspecified atom stereocenters. The number of hydrogen-bond acceptors (Lipinski definition) is 2. The van der Waals surface area contributed by atoms with Crippen LogP contribution in [-0.2, 0) is 0 Å². The Morgan fingerprint density at radius 2 is 1.79 bits per heavy atom. The molecule has 110 valence electrons. The quantitative estimate of drug-likeness (QED) is 0.818. The maximum absolute atomic E-state index is 3.81. The van der Waals surface area contributed by atoms with Gasteiger partial charge in [-0.2, -0.15) is 0 Å². The molecule has 19 heavy (non-hydrogen) atoms. The number of piperidine rings is 1. The average molecular weight is 264 g/mol.